The van der Waals surface area contributed by atoms with Gasteiger partial charge in [-0.1, -0.05) is 11.6 Å². The molecule has 1 N–H and O–H groups in total. The number of nitrogens with zero attached hydrogens (tertiary/aromatic N) is 1. The molecule has 1 fully saturated rings. The quantitative estimate of drug-likeness (QED) is 0.890. The van der Waals surface area contributed by atoms with Crippen molar-refractivity contribution in [2.75, 3.05) is 11.4 Å². The second kappa shape index (κ2) is 6.92. The maximum absolute atomic E-state index is 12.8. The van der Waals surface area contributed by atoms with Gasteiger partial charge in [-0.15, -0.1) is 0 Å². The third-order valence-electron chi connectivity index (χ3n) is 4.46. The highest BCUT2D eigenvalue weighted by Gasteiger charge is 2.27. The van der Waals surface area contributed by atoms with E-state index < -0.39 is 0 Å². The van der Waals surface area contributed by atoms with Crippen LogP contribution in [0.15, 0.2) is 28.7 Å². The minimum atomic E-state index is -0.239. The van der Waals surface area contributed by atoms with E-state index in [4.69, 9.17) is 16.0 Å². The molecule has 132 valence electrons. The number of amides is 2. The molecule has 1 unspecified atom stereocenters. The van der Waals surface area contributed by atoms with E-state index in [1.165, 1.54) is 0 Å². The van der Waals surface area contributed by atoms with E-state index in [9.17, 15) is 9.59 Å². The van der Waals surface area contributed by atoms with E-state index in [1.807, 2.05) is 26.8 Å². The summed E-state index contributed by atoms with van der Waals surface area (Å²) in [6.45, 7) is 6.27. The molecule has 1 saturated heterocycles. The van der Waals surface area contributed by atoms with E-state index in [0.29, 0.717) is 29.2 Å². The third-order valence-corrected chi connectivity index (χ3v) is 4.70. The Morgan fingerprint density at radius 2 is 2.08 bits per heavy atom. The molecule has 3 rings (SSSR count). The Morgan fingerprint density at radius 1 is 1.32 bits per heavy atom. The molecular formula is C19H21ClN2O3. The second-order valence-electron chi connectivity index (χ2n) is 6.37. The van der Waals surface area contributed by atoms with Crippen molar-refractivity contribution in [2.45, 2.75) is 39.7 Å². The molecule has 0 spiro atoms. The van der Waals surface area contributed by atoms with Crippen molar-refractivity contribution in [3.63, 3.8) is 0 Å². The maximum atomic E-state index is 12.8. The first-order chi connectivity index (χ1) is 11.9. The van der Waals surface area contributed by atoms with Crippen LogP contribution in [-0.2, 0) is 4.79 Å². The zero-order valence-corrected chi connectivity index (χ0v) is 15.3. The van der Waals surface area contributed by atoms with E-state index in [-0.39, 0.29) is 17.9 Å². The summed E-state index contributed by atoms with van der Waals surface area (Å²) in [5.74, 6) is 1.38. The van der Waals surface area contributed by atoms with Crippen LogP contribution in [-0.4, -0.2) is 18.4 Å². The van der Waals surface area contributed by atoms with Crippen LogP contribution >= 0.6 is 11.6 Å². The lowest BCUT2D eigenvalue weighted by atomic mass is 10.1. The van der Waals surface area contributed by atoms with Crippen LogP contribution in [0.1, 0.15) is 53.2 Å². The largest absolute Gasteiger partial charge is 0.466 e. The van der Waals surface area contributed by atoms with Crippen molar-refractivity contribution in [3.05, 3.63) is 51.9 Å². The number of halogens is 1. The molecule has 0 radical (unpaired) electrons. The molecule has 0 saturated carbocycles. The fraction of sp³-hybridized carbons (Fsp3) is 0.368. The lowest BCUT2D eigenvalue weighted by Crippen LogP contribution is -2.31. The summed E-state index contributed by atoms with van der Waals surface area (Å²) in [6.07, 6.45) is 1.29. The number of carbonyl (C=O) groups excluding carboxylic acids is 2. The Balaban J connectivity index is 1.87. The highest BCUT2D eigenvalue weighted by Crippen LogP contribution is 2.29. The van der Waals surface area contributed by atoms with Crippen LogP contribution in [0.5, 0.6) is 0 Å². The van der Waals surface area contributed by atoms with Gasteiger partial charge in [0.2, 0.25) is 5.91 Å². The smallest absolute Gasteiger partial charge is 0.253 e. The summed E-state index contributed by atoms with van der Waals surface area (Å²) in [5.41, 5.74) is 1.96. The standard InChI is InChI=1S/C19H21ClN2O3/c1-11-9-16(13(3)25-11)12(2)21-19(24)15-7-6-14(20)10-17(15)22-8-4-5-18(22)23/h6-7,9-10,12H,4-5,8H2,1-3H3,(H,21,24). The molecule has 1 aromatic carbocycles. The van der Waals surface area contributed by atoms with Crippen molar-refractivity contribution < 1.29 is 14.0 Å². The Hall–Kier alpha value is -2.27. The van der Waals surface area contributed by atoms with Crippen molar-refractivity contribution >= 4 is 29.1 Å². The molecule has 25 heavy (non-hydrogen) atoms. The molecule has 2 aromatic rings. The van der Waals surface area contributed by atoms with Gasteiger partial charge in [0.05, 0.1) is 17.3 Å². The maximum Gasteiger partial charge on any atom is 0.253 e. The molecule has 5 nitrogen and oxygen atoms in total. The van der Waals surface area contributed by atoms with Gasteiger partial charge in [0.25, 0.3) is 5.91 Å². The number of benzene rings is 1. The van der Waals surface area contributed by atoms with E-state index >= 15 is 0 Å². The fourth-order valence-corrected chi connectivity index (χ4v) is 3.42. The molecule has 2 amide bonds. The van der Waals surface area contributed by atoms with Gasteiger partial charge in [0.15, 0.2) is 0 Å². The highest BCUT2D eigenvalue weighted by molar-refractivity contribution is 6.31. The summed E-state index contributed by atoms with van der Waals surface area (Å²) in [4.78, 5) is 26.5. The van der Waals surface area contributed by atoms with Gasteiger partial charge >= 0.3 is 0 Å². The minimum absolute atomic E-state index is 0.0191. The van der Waals surface area contributed by atoms with Gasteiger partial charge < -0.3 is 14.6 Å². The van der Waals surface area contributed by atoms with Crippen LogP contribution in [0.3, 0.4) is 0 Å². The second-order valence-corrected chi connectivity index (χ2v) is 6.81. The predicted octanol–water partition coefficient (Wildman–Crippen LogP) is 4.17. The average molecular weight is 361 g/mol. The summed E-state index contributed by atoms with van der Waals surface area (Å²) in [6, 6.07) is 6.73. The van der Waals surface area contributed by atoms with Gasteiger partial charge in [-0.3, -0.25) is 9.59 Å². The SMILES string of the molecule is Cc1cc(C(C)NC(=O)c2ccc(Cl)cc2N2CCCC2=O)c(C)o1. The first kappa shape index (κ1) is 17.5. The monoisotopic (exact) mass is 360 g/mol. The van der Waals surface area contributed by atoms with Crippen LogP contribution in [0.2, 0.25) is 5.02 Å². The lowest BCUT2D eigenvalue weighted by Gasteiger charge is -2.21. The van der Waals surface area contributed by atoms with E-state index in [0.717, 1.165) is 23.5 Å². The van der Waals surface area contributed by atoms with Crippen LogP contribution in [0, 0.1) is 13.8 Å². The number of hydrogen-bond acceptors (Lipinski definition) is 3. The topological polar surface area (TPSA) is 62.6 Å². The number of hydrogen-bond donors (Lipinski definition) is 1. The predicted molar refractivity (Wildman–Crippen MR) is 97.1 cm³/mol. The Labute approximate surface area is 151 Å². The summed E-state index contributed by atoms with van der Waals surface area (Å²) >= 11 is 6.09. The zero-order valence-electron chi connectivity index (χ0n) is 14.6. The van der Waals surface area contributed by atoms with Crippen molar-refractivity contribution in [2.24, 2.45) is 0 Å². The molecule has 0 bridgehead atoms. The summed E-state index contributed by atoms with van der Waals surface area (Å²) in [5, 5.41) is 3.49. The van der Waals surface area contributed by atoms with Crippen molar-refractivity contribution in [1.82, 2.24) is 5.32 Å². The van der Waals surface area contributed by atoms with Crippen LogP contribution in [0.4, 0.5) is 5.69 Å². The minimum Gasteiger partial charge on any atom is -0.466 e. The van der Waals surface area contributed by atoms with Crippen LogP contribution in [0.25, 0.3) is 0 Å². The number of furan rings is 1. The molecule has 1 aliphatic heterocycles. The van der Waals surface area contributed by atoms with Gasteiger partial charge in [-0.25, -0.2) is 0 Å². The molecule has 1 aliphatic rings. The molecule has 6 heteroatoms. The molecular weight excluding hydrogens is 340 g/mol. The zero-order chi connectivity index (χ0) is 18.1. The lowest BCUT2D eigenvalue weighted by molar-refractivity contribution is -0.117. The molecule has 1 atom stereocenters. The Bertz CT molecular complexity index is 828. The fourth-order valence-electron chi connectivity index (χ4n) is 3.26. The van der Waals surface area contributed by atoms with E-state index in [2.05, 4.69) is 5.32 Å². The molecule has 2 heterocycles. The summed E-state index contributed by atoms with van der Waals surface area (Å²) in [7, 11) is 0. The number of aryl methyl sites for hydroxylation is 2. The van der Waals surface area contributed by atoms with Crippen molar-refractivity contribution in [1.29, 1.82) is 0 Å². The first-order valence-electron chi connectivity index (χ1n) is 8.34. The van der Waals surface area contributed by atoms with Gasteiger partial charge in [-0.05, 0) is 51.5 Å². The number of nitrogens with one attached hydrogen (secondary N) is 1. The number of anilines is 1. The average Bonchev–Trinajstić information content (AvgIpc) is 3.12. The van der Waals surface area contributed by atoms with Crippen LogP contribution < -0.4 is 10.2 Å². The highest BCUT2D eigenvalue weighted by atomic mass is 35.5. The molecule has 0 aliphatic carbocycles. The third kappa shape index (κ3) is 3.56. The van der Waals surface area contributed by atoms with Gasteiger partial charge in [0, 0.05) is 23.6 Å². The van der Waals surface area contributed by atoms with Gasteiger partial charge in [-0.2, -0.15) is 0 Å². The number of carbonyl (C=O) groups is 2. The Morgan fingerprint density at radius 3 is 2.68 bits per heavy atom. The van der Waals surface area contributed by atoms with Gasteiger partial charge in [0.1, 0.15) is 11.5 Å². The van der Waals surface area contributed by atoms with E-state index in [1.54, 1.807) is 23.1 Å². The summed E-state index contributed by atoms with van der Waals surface area (Å²) < 4.78 is 5.54. The van der Waals surface area contributed by atoms with Crippen molar-refractivity contribution in [3.8, 4) is 0 Å². The molecule has 1 aromatic heterocycles. The Kier molecular flexibility index (Phi) is 4.86. The first-order valence-corrected chi connectivity index (χ1v) is 8.72. The number of rotatable bonds is 4. The normalized spacial score (nSPS) is 15.5.